The van der Waals surface area contributed by atoms with Gasteiger partial charge in [-0.2, -0.15) is 0 Å². The minimum Gasteiger partial charge on any atom is -0.507 e. The smallest absolute Gasteiger partial charge is 0.295 e. The Morgan fingerprint density at radius 3 is 2.51 bits per heavy atom. The SMILES string of the molecule is CCCCCOc1ccc(C2C(=C(O)c3cc(C)ccc3C)C(=O)C(=O)N2CCN2CCOCC2)cc1OC. The van der Waals surface area contributed by atoms with E-state index in [1.807, 2.05) is 50.2 Å². The number of hydrogen-bond acceptors (Lipinski definition) is 7. The lowest BCUT2D eigenvalue weighted by molar-refractivity contribution is -0.140. The third-order valence-corrected chi connectivity index (χ3v) is 7.46. The first-order chi connectivity index (χ1) is 18.8. The number of carbonyl (C=O) groups is 2. The molecule has 1 N–H and O–H groups in total. The average molecular weight is 537 g/mol. The van der Waals surface area contributed by atoms with Crippen LogP contribution in [0.1, 0.15) is 54.5 Å². The van der Waals surface area contributed by atoms with E-state index < -0.39 is 17.7 Å². The van der Waals surface area contributed by atoms with E-state index in [-0.39, 0.29) is 11.3 Å². The zero-order chi connectivity index (χ0) is 27.9. The van der Waals surface area contributed by atoms with Gasteiger partial charge in [0.2, 0.25) is 0 Å². The van der Waals surface area contributed by atoms with Crippen molar-refractivity contribution in [3.63, 3.8) is 0 Å². The van der Waals surface area contributed by atoms with Crippen molar-refractivity contribution in [1.82, 2.24) is 9.80 Å². The van der Waals surface area contributed by atoms with Crippen LogP contribution in [0.3, 0.4) is 0 Å². The van der Waals surface area contributed by atoms with Crippen molar-refractivity contribution in [1.29, 1.82) is 0 Å². The molecule has 210 valence electrons. The van der Waals surface area contributed by atoms with Crippen molar-refractivity contribution in [2.45, 2.75) is 46.1 Å². The first kappa shape index (κ1) is 28.6. The van der Waals surface area contributed by atoms with Crippen molar-refractivity contribution in [2.24, 2.45) is 0 Å². The van der Waals surface area contributed by atoms with Crippen molar-refractivity contribution >= 4 is 17.4 Å². The quantitative estimate of drug-likeness (QED) is 0.194. The molecule has 2 aliphatic heterocycles. The van der Waals surface area contributed by atoms with Crippen LogP contribution in [0.25, 0.3) is 5.76 Å². The Balaban J connectivity index is 1.74. The van der Waals surface area contributed by atoms with Gasteiger partial charge in [0.05, 0.1) is 38.5 Å². The number of morpholine rings is 1. The lowest BCUT2D eigenvalue weighted by Crippen LogP contribution is -2.42. The van der Waals surface area contributed by atoms with Crippen LogP contribution in [0.4, 0.5) is 0 Å². The molecule has 0 aromatic heterocycles. The molecule has 8 nitrogen and oxygen atoms in total. The van der Waals surface area contributed by atoms with E-state index in [1.165, 1.54) is 0 Å². The molecule has 39 heavy (non-hydrogen) atoms. The summed E-state index contributed by atoms with van der Waals surface area (Å²) < 4.78 is 17.1. The highest BCUT2D eigenvalue weighted by molar-refractivity contribution is 6.46. The molecule has 2 aromatic carbocycles. The Hall–Kier alpha value is -3.36. The van der Waals surface area contributed by atoms with Gasteiger partial charge >= 0.3 is 0 Å². The molecule has 1 atom stereocenters. The maximum atomic E-state index is 13.5. The Kier molecular flexibility index (Phi) is 9.64. The first-order valence-corrected chi connectivity index (χ1v) is 13.8. The van der Waals surface area contributed by atoms with Crippen molar-refractivity contribution in [3.05, 3.63) is 64.2 Å². The van der Waals surface area contributed by atoms with Crippen LogP contribution >= 0.6 is 0 Å². The molecule has 0 saturated carbocycles. The highest BCUT2D eigenvalue weighted by Gasteiger charge is 2.46. The Morgan fingerprint density at radius 1 is 1.03 bits per heavy atom. The van der Waals surface area contributed by atoms with Crippen LogP contribution in [0.5, 0.6) is 11.5 Å². The van der Waals surface area contributed by atoms with Gasteiger partial charge in [-0.3, -0.25) is 14.5 Å². The molecule has 8 heteroatoms. The molecule has 0 radical (unpaired) electrons. The highest BCUT2D eigenvalue weighted by atomic mass is 16.5. The number of hydrogen-bond donors (Lipinski definition) is 1. The van der Waals surface area contributed by atoms with Gasteiger partial charge in [0.15, 0.2) is 11.5 Å². The number of nitrogens with zero attached hydrogens (tertiary/aromatic N) is 2. The normalized spacial score (nSPS) is 19.5. The third kappa shape index (κ3) is 6.45. The summed E-state index contributed by atoms with van der Waals surface area (Å²) in [5.74, 6) is -0.322. The van der Waals surface area contributed by atoms with Crippen molar-refractivity contribution in [3.8, 4) is 11.5 Å². The first-order valence-electron chi connectivity index (χ1n) is 13.8. The molecule has 2 aromatic rings. The minimum atomic E-state index is -0.756. The zero-order valence-electron chi connectivity index (χ0n) is 23.5. The number of unbranched alkanes of at least 4 members (excludes halogenated alkanes) is 2. The average Bonchev–Trinajstić information content (AvgIpc) is 3.20. The fraction of sp³-hybridized carbons (Fsp3) is 0.484. The molecule has 0 spiro atoms. The maximum Gasteiger partial charge on any atom is 0.295 e. The molecule has 1 unspecified atom stereocenters. The number of carbonyl (C=O) groups excluding carboxylic acids is 2. The predicted octanol–water partition coefficient (Wildman–Crippen LogP) is 4.63. The number of aliphatic hydroxyl groups is 1. The number of ether oxygens (including phenoxy) is 3. The molecular formula is C31H40N2O6. The molecular weight excluding hydrogens is 496 g/mol. The van der Waals surface area contributed by atoms with E-state index in [9.17, 15) is 14.7 Å². The molecule has 4 rings (SSSR count). The summed E-state index contributed by atoms with van der Waals surface area (Å²) in [4.78, 5) is 30.7. The predicted molar refractivity (Wildman–Crippen MR) is 150 cm³/mol. The second-order valence-corrected chi connectivity index (χ2v) is 10.2. The molecule has 2 aliphatic rings. The van der Waals surface area contributed by atoms with Gasteiger partial charge in [-0.1, -0.05) is 43.5 Å². The van der Waals surface area contributed by atoms with Crippen molar-refractivity contribution < 1.29 is 28.9 Å². The van der Waals surface area contributed by atoms with E-state index in [1.54, 1.807) is 12.0 Å². The van der Waals surface area contributed by atoms with Gasteiger partial charge in [-0.15, -0.1) is 0 Å². The number of benzene rings is 2. The van der Waals surface area contributed by atoms with E-state index >= 15 is 0 Å². The molecule has 2 saturated heterocycles. The lowest BCUT2D eigenvalue weighted by atomic mass is 9.93. The number of amides is 1. The van der Waals surface area contributed by atoms with E-state index in [0.29, 0.717) is 55.5 Å². The lowest BCUT2D eigenvalue weighted by Gasteiger charge is -2.31. The summed E-state index contributed by atoms with van der Waals surface area (Å²) in [6.07, 6.45) is 3.12. The summed E-state index contributed by atoms with van der Waals surface area (Å²) in [5.41, 5.74) is 3.10. The number of ketones is 1. The van der Waals surface area contributed by atoms with Crippen LogP contribution in [0, 0.1) is 13.8 Å². The van der Waals surface area contributed by atoms with E-state index in [2.05, 4.69) is 11.8 Å². The van der Waals surface area contributed by atoms with Crippen LogP contribution in [-0.2, 0) is 14.3 Å². The maximum absolute atomic E-state index is 13.5. The fourth-order valence-corrected chi connectivity index (χ4v) is 5.17. The summed E-state index contributed by atoms with van der Waals surface area (Å²) in [6, 6.07) is 10.4. The third-order valence-electron chi connectivity index (χ3n) is 7.46. The van der Waals surface area contributed by atoms with E-state index in [4.69, 9.17) is 14.2 Å². The largest absolute Gasteiger partial charge is 0.507 e. The molecule has 1 amide bonds. The van der Waals surface area contributed by atoms with Crippen LogP contribution < -0.4 is 9.47 Å². The molecule has 2 fully saturated rings. The topological polar surface area (TPSA) is 88.5 Å². The van der Waals surface area contributed by atoms with Crippen LogP contribution in [-0.4, -0.2) is 79.7 Å². The summed E-state index contributed by atoms with van der Waals surface area (Å²) in [5, 5.41) is 11.5. The number of aliphatic hydroxyl groups excluding tert-OH is 1. The van der Waals surface area contributed by atoms with Crippen LogP contribution in [0.15, 0.2) is 42.0 Å². The highest BCUT2D eigenvalue weighted by Crippen LogP contribution is 2.42. The van der Waals surface area contributed by atoms with Crippen molar-refractivity contribution in [2.75, 3.05) is 53.1 Å². The van der Waals surface area contributed by atoms with Gasteiger partial charge in [0.1, 0.15) is 5.76 Å². The monoisotopic (exact) mass is 536 g/mol. The molecule has 0 aliphatic carbocycles. The van der Waals surface area contributed by atoms with Crippen LogP contribution in [0.2, 0.25) is 0 Å². The Bertz CT molecular complexity index is 1220. The number of methoxy groups -OCH3 is 1. The summed E-state index contributed by atoms with van der Waals surface area (Å²) in [7, 11) is 1.57. The zero-order valence-corrected chi connectivity index (χ0v) is 23.5. The fourth-order valence-electron chi connectivity index (χ4n) is 5.17. The summed E-state index contributed by atoms with van der Waals surface area (Å²) in [6.45, 7) is 10.3. The van der Waals surface area contributed by atoms with Gasteiger partial charge in [-0.25, -0.2) is 0 Å². The minimum absolute atomic E-state index is 0.0920. The summed E-state index contributed by atoms with van der Waals surface area (Å²) >= 11 is 0. The van der Waals surface area contributed by atoms with Gasteiger partial charge in [0, 0.05) is 31.7 Å². The molecule has 2 heterocycles. The van der Waals surface area contributed by atoms with Gasteiger partial charge in [0.25, 0.3) is 11.7 Å². The van der Waals surface area contributed by atoms with Gasteiger partial charge in [-0.05, 0) is 49.6 Å². The number of likely N-dealkylation sites (tertiary alicyclic amines) is 1. The van der Waals surface area contributed by atoms with Gasteiger partial charge < -0.3 is 24.2 Å². The number of aryl methyl sites for hydroxylation is 2. The Morgan fingerprint density at radius 2 is 1.79 bits per heavy atom. The number of rotatable bonds is 11. The number of Topliss-reactive ketones (excluding diaryl/α,β-unsaturated/α-hetero) is 1. The second kappa shape index (κ2) is 13.1. The second-order valence-electron chi connectivity index (χ2n) is 10.2. The Labute approximate surface area is 231 Å². The standard InChI is InChI=1S/C31H40N2O6/c1-5-6-7-16-39-25-11-10-23(20-26(25)37-4)28-27(29(34)24-19-21(2)8-9-22(24)3)30(35)31(36)33(28)13-12-32-14-17-38-18-15-32/h8-11,19-20,28,34H,5-7,12-18H2,1-4H3. The van der Waals surface area contributed by atoms with E-state index in [0.717, 1.165) is 43.5 Å². The molecule has 0 bridgehead atoms.